The van der Waals surface area contributed by atoms with Gasteiger partial charge in [0.2, 0.25) is 0 Å². The zero-order valence-electron chi connectivity index (χ0n) is 10.2. The van der Waals surface area contributed by atoms with Crippen molar-refractivity contribution in [1.29, 1.82) is 0 Å². The molecule has 2 aromatic carbocycles. The Labute approximate surface area is 115 Å². The molecule has 0 spiro atoms. The third-order valence-corrected chi connectivity index (χ3v) is 2.83. The lowest BCUT2D eigenvalue weighted by Gasteiger charge is -2.11. The number of anilines is 2. The second-order valence-corrected chi connectivity index (χ2v) is 4.28. The predicted octanol–water partition coefficient (Wildman–Crippen LogP) is 3.79. The first kappa shape index (κ1) is 13.2. The number of carbonyl (C=O) groups is 1. The van der Waals surface area contributed by atoms with Gasteiger partial charge in [-0.25, -0.2) is 4.79 Å². The zero-order chi connectivity index (χ0) is 13.8. The maximum absolute atomic E-state index is 11.2. The van der Waals surface area contributed by atoms with Gasteiger partial charge in [-0.3, -0.25) is 0 Å². The molecule has 0 aliphatic carbocycles. The number of hydrogen-bond acceptors (Lipinski definition) is 3. The van der Waals surface area contributed by atoms with E-state index in [1.54, 1.807) is 36.4 Å². The van der Waals surface area contributed by atoms with Crippen LogP contribution in [-0.2, 0) is 0 Å². The standard InChI is InChI=1S/C14H12ClNO3/c1-19-11-6-7-13(12(8-11)14(17)18)16-10-4-2-9(15)3-5-10/h2-8,16H,1H3,(H,17,18). The van der Waals surface area contributed by atoms with Gasteiger partial charge < -0.3 is 15.2 Å². The van der Waals surface area contributed by atoms with Crippen molar-refractivity contribution in [2.24, 2.45) is 0 Å². The average molecular weight is 278 g/mol. The number of nitrogens with one attached hydrogen (secondary N) is 1. The summed E-state index contributed by atoms with van der Waals surface area (Å²) < 4.78 is 5.02. The first-order chi connectivity index (χ1) is 9.10. The first-order valence-electron chi connectivity index (χ1n) is 5.54. The molecule has 2 rings (SSSR count). The molecule has 4 nitrogen and oxygen atoms in total. The molecule has 0 radical (unpaired) electrons. The second-order valence-electron chi connectivity index (χ2n) is 3.85. The Balaban J connectivity index is 2.33. The minimum Gasteiger partial charge on any atom is -0.497 e. The maximum Gasteiger partial charge on any atom is 0.337 e. The van der Waals surface area contributed by atoms with Gasteiger partial charge in [0, 0.05) is 10.7 Å². The number of ether oxygens (including phenoxy) is 1. The fourth-order valence-electron chi connectivity index (χ4n) is 1.63. The number of benzene rings is 2. The third-order valence-electron chi connectivity index (χ3n) is 2.58. The van der Waals surface area contributed by atoms with E-state index in [1.165, 1.54) is 13.2 Å². The minimum atomic E-state index is -1.02. The summed E-state index contributed by atoms with van der Waals surface area (Å²) in [6, 6.07) is 11.8. The van der Waals surface area contributed by atoms with Crippen LogP contribution < -0.4 is 10.1 Å². The van der Waals surface area contributed by atoms with Crippen LogP contribution in [0.5, 0.6) is 5.75 Å². The molecule has 0 aliphatic heterocycles. The van der Waals surface area contributed by atoms with Crippen LogP contribution in [0.15, 0.2) is 42.5 Å². The molecule has 0 saturated heterocycles. The van der Waals surface area contributed by atoms with Crippen molar-refractivity contribution in [2.75, 3.05) is 12.4 Å². The smallest absolute Gasteiger partial charge is 0.337 e. The van der Waals surface area contributed by atoms with Crippen molar-refractivity contribution in [3.8, 4) is 5.75 Å². The van der Waals surface area contributed by atoms with Gasteiger partial charge in [0.05, 0.1) is 18.4 Å². The maximum atomic E-state index is 11.2. The highest BCUT2D eigenvalue weighted by Gasteiger charge is 2.11. The highest BCUT2D eigenvalue weighted by Crippen LogP contribution is 2.26. The molecule has 0 saturated carbocycles. The van der Waals surface area contributed by atoms with Gasteiger partial charge in [-0.1, -0.05) is 11.6 Å². The second kappa shape index (κ2) is 5.63. The Bertz CT molecular complexity index is 596. The summed E-state index contributed by atoms with van der Waals surface area (Å²) >= 11 is 5.80. The Morgan fingerprint density at radius 3 is 2.47 bits per heavy atom. The molecule has 0 bridgehead atoms. The van der Waals surface area contributed by atoms with E-state index in [9.17, 15) is 9.90 Å². The van der Waals surface area contributed by atoms with Crippen LogP contribution in [0, 0.1) is 0 Å². The molecule has 0 aromatic heterocycles. The number of carboxylic acid groups (broad SMARTS) is 1. The van der Waals surface area contributed by atoms with E-state index in [0.29, 0.717) is 16.5 Å². The summed E-state index contributed by atoms with van der Waals surface area (Å²) in [6.07, 6.45) is 0. The van der Waals surface area contributed by atoms with Crippen molar-refractivity contribution < 1.29 is 14.6 Å². The lowest BCUT2D eigenvalue weighted by atomic mass is 10.1. The SMILES string of the molecule is COc1ccc(Nc2ccc(Cl)cc2)c(C(=O)O)c1. The van der Waals surface area contributed by atoms with E-state index in [4.69, 9.17) is 16.3 Å². The van der Waals surface area contributed by atoms with Crippen LogP contribution in [-0.4, -0.2) is 18.2 Å². The van der Waals surface area contributed by atoms with E-state index < -0.39 is 5.97 Å². The molecule has 0 aliphatic rings. The van der Waals surface area contributed by atoms with Crippen LogP contribution in [0.4, 0.5) is 11.4 Å². The molecular weight excluding hydrogens is 266 g/mol. The molecule has 0 unspecified atom stereocenters. The monoisotopic (exact) mass is 277 g/mol. The molecule has 19 heavy (non-hydrogen) atoms. The molecule has 0 atom stereocenters. The van der Waals surface area contributed by atoms with E-state index in [0.717, 1.165) is 5.69 Å². The highest BCUT2D eigenvalue weighted by molar-refractivity contribution is 6.30. The lowest BCUT2D eigenvalue weighted by Crippen LogP contribution is -2.03. The fraction of sp³-hybridized carbons (Fsp3) is 0.0714. The van der Waals surface area contributed by atoms with Gasteiger partial charge in [0.1, 0.15) is 5.75 Å². The van der Waals surface area contributed by atoms with E-state index in [1.807, 2.05) is 0 Å². The van der Waals surface area contributed by atoms with Gasteiger partial charge >= 0.3 is 5.97 Å². The van der Waals surface area contributed by atoms with Crippen molar-refractivity contribution in [1.82, 2.24) is 0 Å². The van der Waals surface area contributed by atoms with Gasteiger partial charge in [-0.05, 0) is 42.5 Å². The summed E-state index contributed by atoms with van der Waals surface area (Å²) in [5.41, 5.74) is 1.40. The van der Waals surface area contributed by atoms with E-state index in [2.05, 4.69) is 5.32 Å². The minimum absolute atomic E-state index is 0.148. The van der Waals surface area contributed by atoms with Crippen LogP contribution in [0.3, 0.4) is 0 Å². The molecule has 0 amide bonds. The average Bonchev–Trinajstić information content (AvgIpc) is 2.41. The summed E-state index contributed by atoms with van der Waals surface area (Å²) in [7, 11) is 1.49. The summed E-state index contributed by atoms with van der Waals surface area (Å²) in [6.45, 7) is 0. The van der Waals surface area contributed by atoms with E-state index in [-0.39, 0.29) is 5.56 Å². The number of hydrogen-bond donors (Lipinski definition) is 2. The summed E-state index contributed by atoms with van der Waals surface area (Å²) in [5, 5.41) is 12.9. The Kier molecular flexibility index (Phi) is 3.92. The van der Waals surface area contributed by atoms with Crippen molar-refractivity contribution in [3.63, 3.8) is 0 Å². The first-order valence-corrected chi connectivity index (χ1v) is 5.92. The van der Waals surface area contributed by atoms with Gasteiger partial charge in [-0.2, -0.15) is 0 Å². The molecule has 2 N–H and O–H groups in total. The number of methoxy groups -OCH3 is 1. The Morgan fingerprint density at radius 1 is 1.21 bits per heavy atom. The molecule has 0 fully saturated rings. The summed E-state index contributed by atoms with van der Waals surface area (Å²) in [5.74, 6) is -0.519. The summed E-state index contributed by atoms with van der Waals surface area (Å²) in [4.78, 5) is 11.2. The molecular formula is C14H12ClNO3. The Hall–Kier alpha value is -2.20. The third kappa shape index (κ3) is 3.17. The molecule has 98 valence electrons. The zero-order valence-corrected chi connectivity index (χ0v) is 10.9. The fourth-order valence-corrected chi connectivity index (χ4v) is 1.75. The van der Waals surface area contributed by atoms with Gasteiger partial charge in [0.25, 0.3) is 0 Å². The quantitative estimate of drug-likeness (QED) is 0.893. The van der Waals surface area contributed by atoms with Crippen molar-refractivity contribution in [2.45, 2.75) is 0 Å². The van der Waals surface area contributed by atoms with Crippen LogP contribution in [0.2, 0.25) is 5.02 Å². The van der Waals surface area contributed by atoms with Crippen LogP contribution >= 0.6 is 11.6 Å². The van der Waals surface area contributed by atoms with Crippen molar-refractivity contribution >= 4 is 28.9 Å². The topological polar surface area (TPSA) is 58.6 Å². The van der Waals surface area contributed by atoms with Crippen LogP contribution in [0.1, 0.15) is 10.4 Å². The molecule has 0 heterocycles. The Morgan fingerprint density at radius 2 is 1.89 bits per heavy atom. The van der Waals surface area contributed by atoms with Gasteiger partial charge in [-0.15, -0.1) is 0 Å². The number of carboxylic acids is 1. The van der Waals surface area contributed by atoms with Crippen molar-refractivity contribution in [3.05, 3.63) is 53.1 Å². The van der Waals surface area contributed by atoms with Crippen LogP contribution in [0.25, 0.3) is 0 Å². The molecule has 2 aromatic rings. The van der Waals surface area contributed by atoms with E-state index >= 15 is 0 Å². The highest BCUT2D eigenvalue weighted by atomic mass is 35.5. The number of halogens is 1. The molecule has 5 heteroatoms. The predicted molar refractivity (Wildman–Crippen MR) is 74.7 cm³/mol. The van der Waals surface area contributed by atoms with Gasteiger partial charge in [0.15, 0.2) is 0 Å². The largest absolute Gasteiger partial charge is 0.497 e. The normalized spacial score (nSPS) is 10.0. The number of aromatic carboxylic acids is 1. The lowest BCUT2D eigenvalue weighted by molar-refractivity contribution is 0.0697. The number of rotatable bonds is 4.